The molecule has 0 unspecified atom stereocenters. The fourth-order valence-electron chi connectivity index (χ4n) is 3.02. The molecule has 0 aliphatic heterocycles. The molecule has 0 aliphatic rings. The maximum absolute atomic E-state index is 12.4. The maximum atomic E-state index is 12.4. The fraction of sp³-hybridized carbons (Fsp3) is 0.125. The number of benzene rings is 3. The van der Waals surface area contributed by atoms with Gasteiger partial charge in [-0.05, 0) is 43.2 Å². The van der Waals surface area contributed by atoms with E-state index in [2.05, 4.69) is 15.5 Å². The van der Waals surface area contributed by atoms with Gasteiger partial charge in [0.15, 0.2) is 6.61 Å². The number of hydrogen-bond donors (Lipinski definition) is 1. The second kappa shape index (κ2) is 8.61. The van der Waals surface area contributed by atoms with Crippen molar-refractivity contribution in [3.05, 3.63) is 83.9 Å². The lowest BCUT2D eigenvalue weighted by atomic mass is 10.1. The summed E-state index contributed by atoms with van der Waals surface area (Å²) in [6, 6.07) is 22.6. The number of nitrogens with zero attached hydrogens (tertiary/aromatic N) is 2. The molecule has 0 spiro atoms. The van der Waals surface area contributed by atoms with E-state index in [4.69, 9.17) is 9.26 Å². The van der Waals surface area contributed by atoms with Crippen molar-refractivity contribution < 1.29 is 14.1 Å². The van der Waals surface area contributed by atoms with Crippen molar-refractivity contribution in [1.82, 2.24) is 10.1 Å². The minimum absolute atomic E-state index is 0.135. The minimum atomic E-state index is -0.242. The van der Waals surface area contributed by atoms with Gasteiger partial charge in [-0.3, -0.25) is 4.79 Å². The number of hydrogen-bond acceptors (Lipinski definition) is 5. The van der Waals surface area contributed by atoms with E-state index in [-0.39, 0.29) is 12.5 Å². The first-order valence-corrected chi connectivity index (χ1v) is 9.59. The summed E-state index contributed by atoms with van der Waals surface area (Å²) in [5.74, 6) is 1.08. The molecule has 0 saturated carbocycles. The first kappa shape index (κ1) is 19.4. The van der Waals surface area contributed by atoms with Crippen molar-refractivity contribution in [2.24, 2.45) is 0 Å². The third kappa shape index (κ3) is 4.22. The molecule has 4 rings (SSSR count). The topological polar surface area (TPSA) is 77.2 Å². The van der Waals surface area contributed by atoms with Crippen LogP contribution in [-0.2, 0) is 4.79 Å². The molecule has 3 aromatic carbocycles. The smallest absolute Gasteiger partial charge is 0.262 e. The molecule has 4 aromatic rings. The van der Waals surface area contributed by atoms with E-state index in [1.54, 1.807) is 6.07 Å². The largest absolute Gasteiger partial charge is 0.483 e. The van der Waals surface area contributed by atoms with E-state index < -0.39 is 0 Å². The normalized spacial score (nSPS) is 10.6. The number of rotatable bonds is 6. The van der Waals surface area contributed by atoms with E-state index in [1.807, 2.05) is 80.6 Å². The zero-order chi connectivity index (χ0) is 20.9. The molecular formula is C24H21N3O3. The summed E-state index contributed by atoms with van der Waals surface area (Å²) in [6.45, 7) is 3.84. The summed E-state index contributed by atoms with van der Waals surface area (Å²) in [5.41, 5.74) is 4.42. The van der Waals surface area contributed by atoms with Gasteiger partial charge in [0, 0.05) is 11.3 Å². The molecule has 0 radical (unpaired) electrons. The van der Waals surface area contributed by atoms with E-state index in [1.165, 1.54) is 0 Å². The Hall–Kier alpha value is -3.93. The average Bonchev–Trinajstić information content (AvgIpc) is 3.26. The lowest BCUT2D eigenvalue weighted by Crippen LogP contribution is -2.21. The lowest BCUT2D eigenvalue weighted by molar-refractivity contribution is -0.118. The first-order valence-electron chi connectivity index (χ1n) is 9.59. The van der Waals surface area contributed by atoms with Gasteiger partial charge in [-0.2, -0.15) is 4.98 Å². The monoisotopic (exact) mass is 399 g/mol. The summed E-state index contributed by atoms with van der Waals surface area (Å²) in [7, 11) is 0. The highest BCUT2D eigenvalue weighted by Crippen LogP contribution is 2.30. The zero-order valence-corrected chi connectivity index (χ0v) is 16.8. The Morgan fingerprint density at radius 2 is 1.73 bits per heavy atom. The van der Waals surface area contributed by atoms with Gasteiger partial charge in [0.25, 0.3) is 11.8 Å². The molecule has 6 heteroatoms. The van der Waals surface area contributed by atoms with Crippen LogP contribution in [0.5, 0.6) is 5.75 Å². The van der Waals surface area contributed by atoms with Crippen molar-refractivity contribution in [2.75, 3.05) is 11.9 Å². The number of amides is 1. The molecule has 1 N–H and O–H groups in total. The predicted molar refractivity (Wildman–Crippen MR) is 115 cm³/mol. The average molecular weight is 399 g/mol. The van der Waals surface area contributed by atoms with Gasteiger partial charge in [0.1, 0.15) is 5.75 Å². The highest BCUT2D eigenvalue weighted by atomic mass is 16.5. The fourth-order valence-corrected chi connectivity index (χ4v) is 3.02. The first-order chi connectivity index (χ1) is 14.6. The Bertz CT molecular complexity index is 1170. The third-order valence-corrected chi connectivity index (χ3v) is 4.81. The van der Waals surface area contributed by atoms with Crippen LogP contribution in [0.1, 0.15) is 11.1 Å². The molecule has 0 atom stereocenters. The van der Waals surface area contributed by atoms with Crippen molar-refractivity contribution in [3.8, 4) is 28.6 Å². The second-order valence-corrected chi connectivity index (χ2v) is 6.87. The Balaban J connectivity index is 1.48. The zero-order valence-electron chi connectivity index (χ0n) is 16.8. The summed E-state index contributed by atoms with van der Waals surface area (Å²) >= 11 is 0. The molecule has 0 fully saturated rings. The summed E-state index contributed by atoms with van der Waals surface area (Å²) in [4.78, 5) is 16.9. The van der Waals surface area contributed by atoms with Crippen molar-refractivity contribution in [3.63, 3.8) is 0 Å². The van der Waals surface area contributed by atoms with Crippen LogP contribution in [-0.4, -0.2) is 22.7 Å². The van der Waals surface area contributed by atoms with Crippen LogP contribution in [0.4, 0.5) is 5.69 Å². The van der Waals surface area contributed by atoms with Gasteiger partial charge in [-0.25, -0.2) is 0 Å². The number of aromatic nitrogens is 2. The van der Waals surface area contributed by atoms with Crippen molar-refractivity contribution in [1.29, 1.82) is 0 Å². The molecule has 150 valence electrons. The highest BCUT2D eigenvalue weighted by Gasteiger charge is 2.16. The Morgan fingerprint density at radius 3 is 2.57 bits per heavy atom. The third-order valence-electron chi connectivity index (χ3n) is 4.81. The van der Waals surface area contributed by atoms with Crippen LogP contribution in [0.2, 0.25) is 0 Å². The second-order valence-electron chi connectivity index (χ2n) is 6.87. The van der Waals surface area contributed by atoms with E-state index in [0.717, 1.165) is 22.4 Å². The summed E-state index contributed by atoms with van der Waals surface area (Å²) in [5, 5.41) is 6.94. The SMILES string of the molecule is Cc1cccc(NC(=O)COc2ccccc2-c2nc(-c3ccccc3)no2)c1C. The lowest BCUT2D eigenvalue weighted by Gasteiger charge is -2.12. The van der Waals surface area contributed by atoms with Gasteiger partial charge in [-0.1, -0.05) is 59.8 Å². The molecule has 1 heterocycles. The van der Waals surface area contributed by atoms with Crippen LogP contribution >= 0.6 is 0 Å². The number of anilines is 1. The van der Waals surface area contributed by atoms with Crippen LogP contribution in [0.15, 0.2) is 77.3 Å². The van der Waals surface area contributed by atoms with Gasteiger partial charge in [0.2, 0.25) is 5.82 Å². The van der Waals surface area contributed by atoms with Gasteiger partial charge >= 0.3 is 0 Å². The number of aryl methyl sites for hydroxylation is 1. The van der Waals surface area contributed by atoms with Crippen molar-refractivity contribution >= 4 is 11.6 Å². The highest BCUT2D eigenvalue weighted by molar-refractivity contribution is 5.92. The summed E-state index contributed by atoms with van der Waals surface area (Å²) in [6.07, 6.45) is 0. The summed E-state index contributed by atoms with van der Waals surface area (Å²) < 4.78 is 11.2. The molecule has 6 nitrogen and oxygen atoms in total. The predicted octanol–water partition coefficient (Wildman–Crippen LogP) is 5.04. The molecule has 0 saturated heterocycles. The maximum Gasteiger partial charge on any atom is 0.262 e. The van der Waals surface area contributed by atoms with Gasteiger partial charge in [-0.15, -0.1) is 0 Å². The Labute approximate surface area is 174 Å². The van der Waals surface area contributed by atoms with E-state index in [0.29, 0.717) is 23.0 Å². The number of nitrogens with one attached hydrogen (secondary N) is 1. The standard InChI is InChI=1S/C24H21N3O3/c1-16-9-8-13-20(17(16)2)25-22(28)15-29-21-14-7-6-12-19(21)24-26-23(27-30-24)18-10-4-3-5-11-18/h3-14H,15H2,1-2H3,(H,25,28). The van der Waals surface area contributed by atoms with Gasteiger partial charge < -0.3 is 14.6 Å². The molecule has 0 bridgehead atoms. The molecule has 0 aliphatic carbocycles. The molecule has 1 amide bonds. The van der Waals surface area contributed by atoms with E-state index in [9.17, 15) is 4.79 Å². The Morgan fingerprint density at radius 1 is 0.967 bits per heavy atom. The quantitative estimate of drug-likeness (QED) is 0.492. The van der Waals surface area contributed by atoms with Crippen LogP contribution in [0, 0.1) is 13.8 Å². The van der Waals surface area contributed by atoms with Crippen LogP contribution < -0.4 is 10.1 Å². The van der Waals surface area contributed by atoms with Gasteiger partial charge in [0.05, 0.1) is 5.56 Å². The van der Waals surface area contributed by atoms with Crippen molar-refractivity contribution in [2.45, 2.75) is 13.8 Å². The molecule has 1 aromatic heterocycles. The number of carbonyl (C=O) groups is 1. The minimum Gasteiger partial charge on any atom is -0.483 e. The van der Waals surface area contributed by atoms with Crippen LogP contribution in [0.25, 0.3) is 22.8 Å². The number of para-hydroxylation sites is 1. The van der Waals surface area contributed by atoms with Crippen LogP contribution in [0.3, 0.4) is 0 Å². The Kier molecular flexibility index (Phi) is 5.57. The number of carbonyl (C=O) groups excluding carboxylic acids is 1. The van der Waals surface area contributed by atoms with E-state index >= 15 is 0 Å². The number of ether oxygens (including phenoxy) is 1. The molecular weight excluding hydrogens is 378 g/mol. The molecule has 30 heavy (non-hydrogen) atoms.